The van der Waals surface area contributed by atoms with Crippen LogP contribution in [0.3, 0.4) is 0 Å². The zero-order valence-electron chi connectivity index (χ0n) is 14.0. The van der Waals surface area contributed by atoms with Gasteiger partial charge in [0, 0.05) is 0 Å². The van der Waals surface area contributed by atoms with Gasteiger partial charge in [0.15, 0.2) is 0 Å². The van der Waals surface area contributed by atoms with E-state index in [0.29, 0.717) is 19.3 Å². The summed E-state index contributed by atoms with van der Waals surface area (Å²) in [7, 11) is -1.26. The van der Waals surface area contributed by atoms with Crippen molar-refractivity contribution in [3.8, 4) is 12.0 Å². The van der Waals surface area contributed by atoms with Crippen molar-refractivity contribution in [3.63, 3.8) is 0 Å². The number of nitrogens with one attached hydrogen (secondary N) is 2. The fourth-order valence-corrected chi connectivity index (χ4v) is 5.24. The van der Waals surface area contributed by atoms with E-state index in [0.717, 1.165) is 0 Å². The first-order chi connectivity index (χ1) is 11.9. The smallest absolute Gasteiger partial charge is 0.335 e. The molecule has 0 fully saturated rings. The molecule has 1 aliphatic heterocycles. The Kier molecular flexibility index (Phi) is 6.06. The van der Waals surface area contributed by atoms with Crippen LogP contribution in [0.2, 0.25) is 0 Å². The van der Waals surface area contributed by atoms with E-state index in [1.807, 2.05) is 11.6 Å². The molecule has 1 aromatic rings. The number of urea groups is 1. The highest BCUT2D eigenvalue weighted by atomic mass is 32.3. The van der Waals surface area contributed by atoms with E-state index in [4.69, 9.17) is 9.47 Å². The van der Waals surface area contributed by atoms with Crippen LogP contribution in [-0.2, 0) is 10.0 Å². The molecule has 0 saturated heterocycles. The van der Waals surface area contributed by atoms with Crippen LogP contribution in [0.4, 0.5) is 10.7 Å². The first kappa shape index (κ1) is 19.2. The summed E-state index contributed by atoms with van der Waals surface area (Å²) < 4.78 is 36.0. The van der Waals surface area contributed by atoms with Crippen LogP contribution in [0.15, 0.2) is 11.5 Å². The number of sulfonamides is 1. The van der Waals surface area contributed by atoms with Gasteiger partial charge in [-0.25, -0.2) is 17.9 Å². The van der Waals surface area contributed by atoms with Crippen molar-refractivity contribution in [3.05, 3.63) is 11.5 Å². The van der Waals surface area contributed by atoms with Crippen molar-refractivity contribution in [2.75, 3.05) is 19.5 Å². The van der Waals surface area contributed by atoms with Crippen molar-refractivity contribution < 1.29 is 22.7 Å². The monoisotopic (exact) mass is 389 g/mol. The number of ether oxygens (including phenoxy) is 2. The SMILES string of the molecule is CCCC1(S(=O)(=O)NC(=O)Nc2nc(OC)nc(OC)n2)CC=CS1. The lowest BCUT2D eigenvalue weighted by Gasteiger charge is -2.27. The maximum atomic E-state index is 12.7. The molecule has 0 bridgehead atoms. The van der Waals surface area contributed by atoms with Gasteiger partial charge >= 0.3 is 18.1 Å². The fourth-order valence-electron chi connectivity index (χ4n) is 2.22. The average molecular weight is 389 g/mol. The molecule has 0 saturated carbocycles. The lowest BCUT2D eigenvalue weighted by Crippen LogP contribution is -2.46. The Morgan fingerprint density at radius 1 is 1.28 bits per heavy atom. The molecule has 10 nitrogen and oxygen atoms in total. The van der Waals surface area contributed by atoms with Crippen molar-refractivity contribution in [1.29, 1.82) is 0 Å². The second kappa shape index (κ2) is 7.87. The number of amides is 2. The molecule has 25 heavy (non-hydrogen) atoms. The minimum atomic E-state index is -3.93. The van der Waals surface area contributed by atoms with E-state index in [1.54, 1.807) is 11.5 Å². The first-order valence-electron chi connectivity index (χ1n) is 7.36. The number of aromatic nitrogens is 3. The lowest BCUT2D eigenvalue weighted by molar-refractivity contribution is 0.256. The summed E-state index contributed by atoms with van der Waals surface area (Å²) in [5.41, 5.74) is 0. The third-order valence-corrected chi connectivity index (χ3v) is 7.22. The number of allylic oxidation sites excluding steroid dienone is 1. The Morgan fingerprint density at radius 3 is 2.40 bits per heavy atom. The number of thioether (sulfide) groups is 1. The van der Waals surface area contributed by atoms with E-state index in [1.165, 1.54) is 26.0 Å². The van der Waals surface area contributed by atoms with E-state index in [-0.39, 0.29) is 18.0 Å². The average Bonchev–Trinajstić information content (AvgIpc) is 3.04. The summed E-state index contributed by atoms with van der Waals surface area (Å²) in [6, 6.07) is -1.13. The fraction of sp³-hybridized carbons (Fsp3) is 0.538. The minimum Gasteiger partial charge on any atom is -0.467 e. The number of rotatable bonds is 7. The maximum absolute atomic E-state index is 12.7. The maximum Gasteiger partial charge on any atom is 0.335 e. The van der Waals surface area contributed by atoms with Gasteiger partial charge in [-0.2, -0.15) is 9.97 Å². The zero-order valence-corrected chi connectivity index (χ0v) is 15.6. The summed E-state index contributed by atoms with van der Waals surface area (Å²) in [6.07, 6.45) is 3.19. The summed E-state index contributed by atoms with van der Waals surface area (Å²) in [4.78, 5) is 23.5. The Balaban J connectivity index is 2.14. The largest absolute Gasteiger partial charge is 0.467 e. The van der Waals surface area contributed by atoms with Crippen LogP contribution < -0.4 is 19.5 Å². The lowest BCUT2D eigenvalue weighted by atomic mass is 10.2. The van der Waals surface area contributed by atoms with Gasteiger partial charge in [-0.15, -0.1) is 16.7 Å². The summed E-state index contributed by atoms with van der Waals surface area (Å²) in [5, 5.41) is 3.98. The molecule has 0 radical (unpaired) electrons. The highest BCUT2D eigenvalue weighted by Gasteiger charge is 2.45. The van der Waals surface area contributed by atoms with Crippen molar-refractivity contribution >= 4 is 33.8 Å². The van der Waals surface area contributed by atoms with Gasteiger partial charge in [0.05, 0.1) is 14.2 Å². The summed E-state index contributed by atoms with van der Waals surface area (Å²) >= 11 is 1.19. The molecule has 12 heteroatoms. The summed E-state index contributed by atoms with van der Waals surface area (Å²) in [5.74, 6) is -0.196. The number of hydrogen-bond donors (Lipinski definition) is 2. The Morgan fingerprint density at radius 2 is 1.92 bits per heavy atom. The Bertz CT molecular complexity index is 738. The number of anilines is 1. The van der Waals surface area contributed by atoms with Gasteiger partial charge in [-0.1, -0.05) is 19.4 Å². The van der Waals surface area contributed by atoms with Crippen LogP contribution in [0.25, 0.3) is 0 Å². The zero-order chi connectivity index (χ0) is 18.5. The van der Waals surface area contributed by atoms with Crippen LogP contribution in [0.1, 0.15) is 26.2 Å². The third kappa shape index (κ3) is 4.31. The normalized spacial score (nSPS) is 19.5. The molecule has 2 heterocycles. The number of nitrogens with zero attached hydrogens (tertiary/aromatic N) is 3. The van der Waals surface area contributed by atoms with Crippen molar-refractivity contribution in [1.82, 2.24) is 19.7 Å². The van der Waals surface area contributed by atoms with E-state index in [2.05, 4.69) is 20.3 Å². The highest BCUT2D eigenvalue weighted by molar-refractivity contribution is 8.16. The van der Waals surface area contributed by atoms with Gasteiger partial charge in [0.1, 0.15) is 4.08 Å². The van der Waals surface area contributed by atoms with E-state index in [9.17, 15) is 13.2 Å². The molecule has 1 unspecified atom stereocenters. The van der Waals surface area contributed by atoms with Gasteiger partial charge in [-0.3, -0.25) is 5.32 Å². The summed E-state index contributed by atoms with van der Waals surface area (Å²) in [6.45, 7) is 1.89. The standard InChI is InChI=1S/C13H19N5O5S2/c1-4-6-13(7-5-8-24-13)25(20,21)18-10(19)14-9-15-11(22-2)17-12(16-9)23-3/h5,8H,4,6-7H2,1-3H3,(H2,14,15,16,17,18,19). The first-order valence-corrected chi connectivity index (χ1v) is 9.72. The molecule has 0 aromatic carbocycles. The highest BCUT2D eigenvalue weighted by Crippen LogP contribution is 2.44. The van der Waals surface area contributed by atoms with Crippen molar-refractivity contribution in [2.45, 2.75) is 30.3 Å². The van der Waals surface area contributed by atoms with Gasteiger partial charge in [0.25, 0.3) is 10.0 Å². The van der Waals surface area contributed by atoms with Crippen LogP contribution >= 0.6 is 11.8 Å². The van der Waals surface area contributed by atoms with Crippen LogP contribution in [0.5, 0.6) is 12.0 Å². The Labute approximate surface area is 149 Å². The predicted molar refractivity (Wildman–Crippen MR) is 93.0 cm³/mol. The molecule has 1 aliphatic rings. The van der Waals surface area contributed by atoms with E-state index < -0.39 is 20.1 Å². The molecular formula is C13H19N5O5S2. The number of carbonyl (C=O) groups is 1. The second-order valence-electron chi connectivity index (χ2n) is 5.05. The van der Waals surface area contributed by atoms with Crippen LogP contribution in [0, 0.1) is 0 Å². The molecule has 1 aromatic heterocycles. The topological polar surface area (TPSA) is 132 Å². The predicted octanol–water partition coefficient (Wildman–Crippen LogP) is 1.49. The number of carbonyl (C=O) groups excluding carboxylic acids is 1. The third-order valence-electron chi connectivity index (χ3n) is 3.34. The molecule has 0 aliphatic carbocycles. The van der Waals surface area contributed by atoms with Crippen LogP contribution in [-0.4, -0.2) is 47.7 Å². The van der Waals surface area contributed by atoms with Gasteiger partial charge in [0.2, 0.25) is 5.95 Å². The van der Waals surface area contributed by atoms with E-state index >= 15 is 0 Å². The van der Waals surface area contributed by atoms with Crippen molar-refractivity contribution in [2.24, 2.45) is 0 Å². The molecule has 1 atom stereocenters. The second-order valence-corrected chi connectivity index (χ2v) is 8.59. The van der Waals surface area contributed by atoms with Gasteiger partial charge in [-0.05, 0) is 18.2 Å². The molecule has 2 rings (SSSR count). The number of hydrogen-bond acceptors (Lipinski definition) is 9. The molecule has 2 amide bonds. The molecule has 2 N–H and O–H groups in total. The minimum absolute atomic E-state index is 0.0805. The quantitative estimate of drug-likeness (QED) is 0.711. The van der Waals surface area contributed by atoms with Gasteiger partial charge < -0.3 is 9.47 Å². The number of methoxy groups -OCH3 is 2. The molecule has 138 valence electrons. The Hall–Kier alpha value is -2.08. The molecular weight excluding hydrogens is 370 g/mol. The molecule has 0 spiro atoms.